The van der Waals surface area contributed by atoms with Crippen molar-refractivity contribution in [3.05, 3.63) is 23.5 Å². The van der Waals surface area contributed by atoms with Gasteiger partial charge >= 0.3 is 0 Å². The lowest BCUT2D eigenvalue weighted by Gasteiger charge is -2.10. The number of aryl methyl sites for hydroxylation is 1. The second-order valence-corrected chi connectivity index (χ2v) is 5.83. The third kappa shape index (κ3) is 4.45. The van der Waals surface area contributed by atoms with E-state index in [-0.39, 0.29) is 17.8 Å². The molecule has 0 bridgehead atoms. The Hall–Kier alpha value is -1.18. The fourth-order valence-corrected chi connectivity index (χ4v) is 2.82. The van der Waals surface area contributed by atoms with Gasteiger partial charge in [0, 0.05) is 25.4 Å². The Bertz CT molecular complexity index is 532. The fraction of sp³-hybridized carbons (Fsp3) is 0.500. The molecular weight excluding hydrogens is 271 g/mol. The molecule has 0 aliphatic carbocycles. The highest BCUT2D eigenvalue weighted by molar-refractivity contribution is 7.89. The minimum atomic E-state index is -3.88. The molecule has 0 radical (unpaired) electrons. The normalized spacial score (nSPS) is 11.7. The second-order valence-electron chi connectivity index (χ2n) is 4.10. The van der Waals surface area contributed by atoms with Crippen molar-refractivity contribution >= 4 is 15.7 Å². The van der Waals surface area contributed by atoms with E-state index in [9.17, 15) is 12.8 Å². The summed E-state index contributed by atoms with van der Waals surface area (Å²) in [6.07, 6.45) is 0.524. The average molecular weight is 290 g/mol. The second kappa shape index (κ2) is 6.83. The summed E-state index contributed by atoms with van der Waals surface area (Å²) in [5, 5.41) is 0. The Kier molecular flexibility index (Phi) is 5.71. The van der Waals surface area contributed by atoms with Crippen LogP contribution in [0.4, 0.5) is 10.1 Å². The number of nitrogens with two attached hydrogens (primary N) is 1. The van der Waals surface area contributed by atoms with E-state index in [2.05, 4.69) is 4.72 Å². The van der Waals surface area contributed by atoms with E-state index in [1.807, 2.05) is 6.92 Å². The van der Waals surface area contributed by atoms with Crippen LogP contribution in [0.2, 0.25) is 0 Å². The standard InChI is InChI=1S/C12H19FN2O3S/c1-3-18-6-4-5-15-19(16,17)11-8-10(14)7-9(2)12(11)13/h7-8,15H,3-6,14H2,1-2H3. The smallest absolute Gasteiger partial charge is 0.243 e. The van der Waals surface area contributed by atoms with Crippen molar-refractivity contribution in [1.29, 1.82) is 0 Å². The van der Waals surface area contributed by atoms with Gasteiger partial charge in [0.15, 0.2) is 0 Å². The van der Waals surface area contributed by atoms with Crippen molar-refractivity contribution < 1.29 is 17.5 Å². The molecule has 0 spiro atoms. The number of rotatable bonds is 7. The van der Waals surface area contributed by atoms with Crippen LogP contribution in [-0.2, 0) is 14.8 Å². The van der Waals surface area contributed by atoms with Gasteiger partial charge in [-0.15, -0.1) is 0 Å². The lowest BCUT2D eigenvalue weighted by molar-refractivity contribution is 0.146. The Morgan fingerprint density at radius 3 is 2.74 bits per heavy atom. The minimum absolute atomic E-state index is 0.190. The summed E-state index contributed by atoms with van der Waals surface area (Å²) < 4.78 is 45.1. The molecule has 5 nitrogen and oxygen atoms in total. The number of nitrogen functional groups attached to an aromatic ring is 1. The quantitative estimate of drug-likeness (QED) is 0.588. The highest BCUT2D eigenvalue weighted by atomic mass is 32.2. The first-order valence-electron chi connectivity index (χ1n) is 6.01. The van der Waals surface area contributed by atoms with Crippen LogP contribution in [0.3, 0.4) is 0 Å². The van der Waals surface area contributed by atoms with Gasteiger partial charge in [-0.05, 0) is 38.0 Å². The van der Waals surface area contributed by atoms with Crippen molar-refractivity contribution in [2.24, 2.45) is 0 Å². The summed E-state index contributed by atoms with van der Waals surface area (Å²) in [5.41, 5.74) is 5.96. The third-order valence-electron chi connectivity index (χ3n) is 2.49. The molecular formula is C12H19FN2O3S. The molecule has 1 aromatic carbocycles. The molecule has 0 aliphatic rings. The maximum atomic E-state index is 13.8. The summed E-state index contributed by atoms with van der Waals surface area (Å²) >= 11 is 0. The molecule has 1 aromatic rings. The van der Waals surface area contributed by atoms with E-state index in [0.717, 1.165) is 6.07 Å². The molecule has 0 atom stereocenters. The van der Waals surface area contributed by atoms with Crippen LogP contribution < -0.4 is 10.5 Å². The van der Waals surface area contributed by atoms with Gasteiger partial charge in [0.1, 0.15) is 10.7 Å². The van der Waals surface area contributed by atoms with Gasteiger partial charge in [-0.1, -0.05) is 0 Å². The average Bonchev–Trinajstić information content (AvgIpc) is 2.33. The summed E-state index contributed by atoms with van der Waals surface area (Å²) in [4.78, 5) is -0.415. The largest absolute Gasteiger partial charge is 0.399 e. The molecule has 108 valence electrons. The van der Waals surface area contributed by atoms with Crippen LogP contribution in [0.5, 0.6) is 0 Å². The van der Waals surface area contributed by atoms with Crippen molar-refractivity contribution in [2.45, 2.75) is 25.2 Å². The van der Waals surface area contributed by atoms with Crippen LogP contribution in [0, 0.1) is 12.7 Å². The zero-order chi connectivity index (χ0) is 14.5. The number of sulfonamides is 1. The lowest BCUT2D eigenvalue weighted by Crippen LogP contribution is -2.26. The number of ether oxygens (including phenoxy) is 1. The molecule has 7 heteroatoms. The van der Waals surface area contributed by atoms with Crippen LogP contribution in [0.15, 0.2) is 17.0 Å². The molecule has 1 rings (SSSR count). The first kappa shape index (κ1) is 15.9. The summed E-state index contributed by atoms with van der Waals surface area (Å²) in [7, 11) is -3.88. The van der Waals surface area contributed by atoms with Gasteiger partial charge in [-0.2, -0.15) is 0 Å². The van der Waals surface area contributed by atoms with Crippen LogP contribution in [0.1, 0.15) is 18.9 Å². The van der Waals surface area contributed by atoms with E-state index in [0.29, 0.717) is 19.6 Å². The van der Waals surface area contributed by atoms with Gasteiger partial charge in [0.05, 0.1) is 0 Å². The van der Waals surface area contributed by atoms with Crippen LogP contribution in [-0.4, -0.2) is 28.2 Å². The maximum Gasteiger partial charge on any atom is 0.243 e. The predicted molar refractivity (Wildman–Crippen MR) is 71.8 cm³/mol. The number of benzene rings is 1. The third-order valence-corrected chi connectivity index (χ3v) is 3.95. The van der Waals surface area contributed by atoms with Crippen molar-refractivity contribution in [1.82, 2.24) is 4.72 Å². The number of anilines is 1. The minimum Gasteiger partial charge on any atom is -0.399 e. The van der Waals surface area contributed by atoms with Crippen LogP contribution >= 0.6 is 0 Å². The molecule has 0 saturated heterocycles. The first-order chi connectivity index (χ1) is 8.88. The molecule has 0 heterocycles. The molecule has 0 fully saturated rings. The SMILES string of the molecule is CCOCCCNS(=O)(=O)c1cc(N)cc(C)c1F. The molecule has 3 N–H and O–H groups in total. The Morgan fingerprint density at radius 2 is 2.11 bits per heavy atom. The van der Waals surface area contributed by atoms with Gasteiger partial charge < -0.3 is 10.5 Å². The topological polar surface area (TPSA) is 81.4 Å². The number of hydrogen-bond acceptors (Lipinski definition) is 4. The summed E-state index contributed by atoms with van der Waals surface area (Å²) in [6, 6.07) is 2.51. The van der Waals surface area contributed by atoms with Gasteiger partial charge in [-0.25, -0.2) is 17.5 Å². The monoisotopic (exact) mass is 290 g/mol. The van der Waals surface area contributed by atoms with Crippen LogP contribution in [0.25, 0.3) is 0 Å². The van der Waals surface area contributed by atoms with Crippen molar-refractivity contribution in [3.63, 3.8) is 0 Å². The number of nitrogens with one attached hydrogen (secondary N) is 1. The van der Waals surface area contributed by atoms with E-state index in [1.54, 1.807) is 0 Å². The molecule has 0 amide bonds. The highest BCUT2D eigenvalue weighted by Crippen LogP contribution is 2.21. The Labute approximate surface area is 113 Å². The van der Waals surface area contributed by atoms with Gasteiger partial charge in [0.25, 0.3) is 0 Å². The predicted octanol–water partition coefficient (Wildman–Crippen LogP) is 1.42. The summed E-state index contributed by atoms with van der Waals surface area (Å²) in [6.45, 7) is 4.55. The van der Waals surface area contributed by atoms with E-state index in [4.69, 9.17) is 10.5 Å². The number of halogens is 1. The van der Waals surface area contributed by atoms with Crippen molar-refractivity contribution in [3.8, 4) is 0 Å². The fourth-order valence-electron chi connectivity index (χ4n) is 1.56. The zero-order valence-corrected chi connectivity index (χ0v) is 11.9. The van der Waals surface area contributed by atoms with Crippen molar-refractivity contribution in [2.75, 3.05) is 25.5 Å². The van der Waals surface area contributed by atoms with Gasteiger partial charge in [-0.3, -0.25) is 0 Å². The maximum absolute atomic E-state index is 13.8. The van der Waals surface area contributed by atoms with E-state index < -0.39 is 20.7 Å². The summed E-state index contributed by atoms with van der Waals surface area (Å²) in [5.74, 6) is -0.772. The Morgan fingerprint density at radius 1 is 1.42 bits per heavy atom. The number of hydrogen-bond donors (Lipinski definition) is 2. The molecule has 0 unspecified atom stereocenters. The first-order valence-corrected chi connectivity index (χ1v) is 7.50. The molecule has 0 aliphatic heterocycles. The van der Waals surface area contributed by atoms with Gasteiger partial charge in [0.2, 0.25) is 10.0 Å². The molecule has 0 aromatic heterocycles. The Balaban J connectivity index is 2.78. The highest BCUT2D eigenvalue weighted by Gasteiger charge is 2.20. The lowest BCUT2D eigenvalue weighted by atomic mass is 10.2. The van der Waals surface area contributed by atoms with E-state index in [1.165, 1.54) is 13.0 Å². The van der Waals surface area contributed by atoms with E-state index >= 15 is 0 Å². The zero-order valence-electron chi connectivity index (χ0n) is 11.1. The molecule has 0 saturated carbocycles. The molecule has 19 heavy (non-hydrogen) atoms.